The second-order valence-electron chi connectivity index (χ2n) is 5.89. The number of unbranched alkanes of at least 4 members (excludes halogenated alkanes) is 1. The van der Waals surface area contributed by atoms with Gasteiger partial charge in [-0.1, -0.05) is 13.3 Å². The molecule has 0 N–H and O–H groups in total. The SMILES string of the molecule is CCCCN(CC(F)(F)F)C(=O)c1ccc(N2CCCC2=O)cc1. The molecule has 24 heavy (non-hydrogen) atoms. The number of hydrogen-bond donors (Lipinski definition) is 0. The van der Waals surface area contributed by atoms with E-state index in [-0.39, 0.29) is 18.0 Å². The van der Waals surface area contributed by atoms with Gasteiger partial charge in [0.25, 0.3) is 5.91 Å². The van der Waals surface area contributed by atoms with Gasteiger partial charge >= 0.3 is 6.18 Å². The van der Waals surface area contributed by atoms with Gasteiger partial charge in [-0.05, 0) is 37.1 Å². The van der Waals surface area contributed by atoms with Gasteiger partial charge in [0.05, 0.1) is 0 Å². The first-order chi connectivity index (χ1) is 11.3. The van der Waals surface area contributed by atoms with E-state index in [0.717, 1.165) is 11.3 Å². The van der Waals surface area contributed by atoms with Crippen LogP contribution in [0, 0.1) is 0 Å². The Morgan fingerprint density at radius 1 is 1.25 bits per heavy atom. The molecule has 0 radical (unpaired) electrons. The van der Waals surface area contributed by atoms with Crippen molar-refractivity contribution in [3.8, 4) is 0 Å². The highest BCUT2D eigenvalue weighted by molar-refractivity contribution is 5.97. The molecule has 0 spiro atoms. The third-order valence-electron chi connectivity index (χ3n) is 3.94. The van der Waals surface area contributed by atoms with E-state index in [4.69, 9.17) is 0 Å². The summed E-state index contributed by atoms with van der Waals surface area (Å²) in [6.07, 6.45) is -1.92. The van der Waals surface area contributed by atoms with Crippen molar-refractivity contribution in [1.29, 1.82) is 0 Å². The first-order valence-electron chi connectivity index (χ1n) is 8.08. The van der Waals surface area contributed by atoms with Crippen LogP contribution in [0.15, 0.2) is 24.3 Å². The molecule has 2 amide bonds. The Bertz CT molecular complexity index is 584. The Labute approximate surface area is 139 Å². The fourth-order valence-corrected chi connectivity index (χ4v) is 2.71. The Hall–Kier alpha value is -2.05. The van der Waals surface area contributed by atoms with Crippen LogP contribution < -0.4 is 4.90 Å². The number of rotatable bonds is 6. The van der Waals surface area contributed by atoms with Gasteiger partial charge in [0.15, 0.2) is 0 Å². The van der Waals surface area contributed by atoms with Crippen LogP contribution in [0.1, 0.15) is 43.0 Å². The summed E-state index contributed by atoms with van der Waals surface area (Å²) in [6, 6.07) is 6.20. The van der Waals surface area contributed by atoms with Gasteiger partial charge < -0.3 is 9.80 Å². The van der Waals surface area contributed by atoms with Crippen molar-refractivity contribution in [1.82, 2.24) is 4.90 Å². The van der Waals surface area contributed by atoms with E-state index in [1.165, 1.54) is 12.1 Å². The van der Waals surface area contributed by atoms with Crippen molar-refractivity contribution < 1.29 is 22.8 Å². The lowest BCUT2D eigenvalue weighted by molar-refractivity contribution is -0.140. The molecule has 0 aromatic heterocycles. The molecule has 0 aliphatic carbocycles. The number of benzene rings is 1. The minimum absolute atomic E-state index is 0.0238. The van der Waals surface area contributed by atoms with Crippen LogP contribution in [0.2, 0.25) is 0 Å². The van der Waals surface area contributed by atoms with Gasteiger partial charge in [-0.2, -0.15) is 13.2 Å². The molecule has 0 saturated carbocycles. The standard InChI is InChI=1S/C17H21F3N2O2/c1-2-3-10-21(12-17(18,19)20)16(24)13-6-8-14(9-7-13)22-11-4-5-15(22)23/h6-9H,2-5,10-12H2,1H3. The molecule has 0 bridgehead atoms. The Kier molecular flexibility index (Phi) is 5.85. The highest BCUT2D eigenvalue weighted by Crippen LogP contribution is 2.23. The van der Waals surface area contributed by atoms with Crippen molar-refractivity contribution in [3.63, 3.8) is 0 Å². The summed E-state index contributed by atoms with van der Waals surface area (Å²) in [5, 5.41) is 0. The third-order valence-corrected chi connectivity index (χ3v) is 3.94. The van der Waals surface area contributed by atoms with Gasteiger partial charge in [0.2, 0.25) is 5.91 Å². The number of carbonyl (C=O) groups is 2. The predicted molar refractivity (Wildman–Crippen MR) is 84.9 cm³/mol. The van der Waals surface area contributed by atoms with Gasteiger partial charge in [-0.3, -0.25) is 9.59 Å². The Morgan fingerprint density at radius 2 is 1.92 bits per heavy atom. The van der Waals surface area contributed by atoms with Gasteiger partial charge in [0.1, 0.15) is 6.54 Å². The molecule has 2 rings (SSSR count). The predicted octanol–water partition coefficient (Wildman–Crippen LogP) is 3.62. The molecule has 1 aromatic carbocycles. The van der Waals surface area contributed by atoms with Crippen LogP contribution in [-0.4, -0.2) is 42.5 Å². The van der Waals surface area contributed by atoms with Crippen LogP contribution in [0.25, 0.3) is 0 Å². The lowest BCUT2D eigenvalue weighted by Gasteiger charge is -2.24. The average Bonchev–Trinajstić information content (AvgIpc) is 2.96. The van der Waals surface area contributed by atoms with E-state index >= 15 is 0 Å². The molecule has 4 nitrogen and oxygen atoms in total. The van der Waals surface area contributed by atoms with E-state index in [1.807, 2.05) is 6.92 Å². The lowest BCUT2D eigenvalue weighted by Crippen LogP contribution is -2.39. The molecule has 1 aliphatic heterocycles. The maximum Gasteiger partial charge on any atom is 0.406 e. The van der Waals surface area contributed by atoms with E-state index in [2.05, 4.69) is 0 Å². The van der Waals surface area contributed by atoms with Crippen molar-refractivity contribution in [2.45, 2.75) is 38.8 Å². The molecular weight excluding hydrogens is 321 g/mol. The molecule has 1 aliphatic rings. The fourth-order valence-electron chi connectivity index (χ4n) is 2.71. The fraction of sp³-hybridized carbons (Fsp3) is 0.529. The van der Waals surface area contributed by atoms with E-state index < -0.39 is 18.6 Å². The van der Waals surface area contributed by atoms with Gasteiger partial charge in [0, 0.05) is 30.8 Å². The monoisotopic (exact) mass is 342 g/mol. The summed E-state index contributed by atoms with van der Waals surface area (Å²) in [7, 11) is 0. The molecule has 7 heteroatoms. The number of amides is 2. The quantitative estimate of drug-likeness (QED) is 0.792. The lowest BCUT2D eigenvalue weighted by atomic mass is 10.1. The number of halogens is 3. The average molecular weight is 342 g/mol. The molecular formula is C17H21F3N2O2. The zero-order chi connectivity index (χ0) is 17.7. The second kappa shape index (κ2) is 7.68. The number of hydrogen-bond acceptors (Lipinski definition) is 2. The summed E-state index contributed by atoms with van der Waals surface area (Å²) in [4.78, 5) is 26.5. The summed E-state index contributed by atoms with van der Waals surface area (Å²) in [6.45, 7) is 1.31. The molecule has 1 saturated heterocycles. The molecule has 0 atom stereocenters. The minimum Gasteiger partial charge on any atom is -0.330 e. The van der Waals surface area contributed by atoms with E-state index in [1.54, 1.807) is 17.0 Å². The van der Waals surface area contributed by atoms with Crippen molar-refractivity contribution in [3.05, 3.63) is 29.8 Å². The number of carbonyl (C=O) groups excluding carboxylic acids is 2. The van der Waals surface area contributed by atoms with E-state index in [0.29, 0.717) is 31.5 Å². The summed E-state index contributed by atoms with van der Waals surface area (Å²) >= 11 is 0. The number of nitrogens with zero attached hydrogens (tertiary/aromatic N) is 2. The highest BCUT2D eigenvalue weighted by Gasteiger charge is 2.33. The molecule has 1 fully saturated rings. The van der Waals surface area contributed by atoms with Crippen LogP contribution >= 0.6 is 0 Å². The molecule has 1 aromatic rings. The minimum atomic E-state index is -4.43. The number of anilines is 1. The maximum atomic E-state index is 12.7. The summed E-state index contributed by atoms with van der Waals surface area (Å²) in [5.74, 6) is -0.615. The maximum absolute atomic E-state index is 12.7. The first kappa shape index (κ1) is 18.3. The van der Waals surface area contributed by atoms with Crippen LogP contribution in [-0.2, 0) is 4.79 Å². The Morgan fingerprint density at radius 3 is 2.42 bits per heavy atom. The zero-order valence-electron chi connectivity index (χ0n) is 13.6. The smallest absolute Gasteiger partial charge is 0.330 e. The third kappa shape index (κ3) is 4.72. The van der Waals surface area contributed by atoms with E-state index in [9.17, 15) is 22.8 Å². The molecule has 1 heterocycles. The molecule has 0 unspecified atom stereocenters. The number of alkyl halides is 3. The van der Waals surface area contributed by atoms with Gasteiger partial charge in [-0.25, -0.2) is 0 Å². The topological polar surface area (TPSA) is 40.6 Å². The van der Waals surface area contributed by atoms with Crippen LogP contribution in [0.5, 0.6) is 0 Å². The summed E-state index contributed by atoms with van der Waals surface area (Å²) in [5.41, 5.74) is 0.871. The van der Waals surface area contributed by atoms with Crippen LogP contribution in [0.3, 0.4) is 0 Å². The largest absolute Gasteiger partial charge is 0.406 e. The highest BCUT2D eigenvalue weighted by atomic mass is 19.4. The van der Waals surface area contributed by atoms with Crippen molar-refractivity contribution in [2.75, 3.05) is 24.5 Å². The van der Waals surface area contributed by atoms with Crippen molar-refractivity contribution in [2.24, 2.45) is 0 Å². The normalized spacial score (nSPS) is 15.0. The summed E-state index contributed by atoms with van der Waals surface area (Å²) < 4.78 is 38.0. The second-order valence-corrected chi connectivity index (χ2v) is 5.89. The van der Waals surface area contributed by atoms with Crippen molar-refractivity contribution >= 4 is 17.5 Å². The first-order valence-corrected chi connectivity index (χ1v) is 8.08. The zero-order valence-corrected chi connectivity index (χ0v) is 13.6. The molecule has 132 valence electrons. The van der Waals surface area contributed by atoms with Gasteiger partial charge in [-0.15, -0.1) is 0 Å². The Balaban J connectivity index is 2.12. The van der Waals surface area contributed by atoms with Crippen LogP contribution in [0.4, 0.5) is 18.9 Å².